The number of rotatable bonds is 8. The molecule has 0 atom stereocenters. The molecule has 0 saturated carbocycles. The Labute approximate surface area is 198 Å². The second kappa shape index (κ2) is 9.54. The van der Waals surface area contributed by atoms with E-state index in [1.807, 2.05) is 97.9 Å². The van der Waals surface area contributed by atoms with Crippen molar-refractivity contribution in [2.75, 3.05) is 24.3 Å². The zero-order valence-electron chi connectivity index (χ0n) is 19.4. The van der Waals surface area contributed by atoms with Crippen LogP contribution in [-0.2, 0) is 0 Å². The van der Waals surface area contributed by atoms with Crippen LogP contribution >= 0.6 is 0 Å². The molecule has 0 fully saturated rings. The lowest BCUT2D eigenvalue weighted by Gasteiger charge is -2.15. The molecule has 0 amide bonds. The Bertz CT molecular complexity index is 1380. The molecule has 0 spiro atoms. The van der Waals surface area contributed by atoms with Crippen LogP contribution in [0, 0.1) is 5.41 Å². The highest BCUT2D eigenvalue weighted by molar-refractivity contribution is 6.00. The highest BCUT2D eigenvalue weighted by Gasteiger charge is 2.23. The molecule has 1 aromatic heterocycles. The molecular formula is C27H27N5O2. The minimum absolute atomic E-state index is 0.244. The van der Waals surface area contributed by atoms with Crippen molar-refractivity contribution in [3.8, 4) is 22.9 Å². The van der Waals surface area contributed by atoms with E-state index in [0.717, 1.165) is 11.4 Å². The van der Waals surface area contributed by atoms with E-state index in [2.05, 4.69) is 11.9 Å². The van der Waals surface area contributed by atoms with Gasteiger partial charge < -0.3 is 20.4 Å². The summed E-state index contributed by atoms with van der Waals surface area (Å²) in [7, 11) is 3.89. The number of nitrogens with zero attached hydrogens (tertiary/aromatic N) is 3. The summed E-state index contributed by atoms with van der Waals surface area (Å²) in [5.41, 5.74) is 2.67. The maximum absolute atomic E-state index is 13.8. The van der Waals surface area contributed by atoms with Crippen LogP contribution in [0.15, 0.2) is 96.4 Å². The predicted octanol–water partition coefficient (Wildman–Crippen LogP) is 5.43. The van der Waals surface area contributed by atoms with Gasteiger partial charge in [-0.2, -0.15) is 0 Å². The second-order valence-electron chi connectivity index (χ2n) is 7.95. The van der Waals surface area contributed by atoms with Gasteiger partial charge in [-0.05, 0) is 67.7 Å². The average Bonchev–Trinajstić information content (AvgIpc) is 3.12. The van der Waals surface area contributed by atoms with Crippen molar-refractivity contribution in [2.45, 2.75) is 6.92 Å². The van der Waals surface area contributed by atoms with Crippen molar-refractivity contribution in [1.29, 1.82) is 5.41 Å². The van der Waals surface area contributed by atoms with Gasteiger partial charge in [0.15, 0.2) is 0 Å². The lowest BCUT2D eigenvalue weighted by Crippen LogP contribution is -2.24. The van der Waals surface area contributed by atoms with Gasteiger partial charge >= 0.3 is 5.69 Å². The summed E-state index contributed by atoms with van der Waals surface area (Å²) >= 11 is 0. The van der Waals surface area contributed by atoms with Gasteiger partial charge in [0, 0.05) is 19.8 Å². The fraction of sp³-hybridized carbons (Fsp3) is 0.111. The van der Waals surface area contributed by atoms with Crippen LogP contribution in [0.5, 0.6) is 11.5 Å². The third kappa shape index (κ3) is 4.36. The number of imidazole rings is 1. The topological polar surface area (TPSA) is 75.3 Å². The molecule has 7 heteroatoms. The first-order valence-corrected chi connectivity index (χ1v) is 10.8. The molecule has 2 N–H and O–H groups in total. The molecule has 0 saturated heterocycles. The first-order valence-electron chi connectivity index (χ1n) is 10.8. The molecule has 7 nitrogen and oxygen atoms in total. The number of ether oxygens (including phenoxy) is 1. The van der Waals surface area contributed by atoms with Crippen LogP contribution in [0.2, 0.25) is 0 Å². The van der Waals surface area contributed by atoms with Crippen LogP contribution in [0.25, 0.3) is 11.4 Å². The molecule has 4 rings (SSSR count). The summed E-state index contributed by atoms with van der Waals surface area (Å²) in [4.78, 5) is 15.7. The minimum Gasteiger partial charge on any atom is -0.457 e. The number of nitrogens with one attached hydrogen (secondary N) is 2. The lowest BCUT2D eigenvalue weighted by molar-refractivity contribution is 0.482. The van der Waals surface area contributed by atoms with E-state index in [-0.39, 0.29) is 11.4 Å². The monoisotopic (exact) mass is 453 g/mol. The maximum Gasteiger partial charge on any atom is 0.339 e. The quantitative estimate of drug-likeness (QED) is 0.349. The largest absolute Gasteiger partial charge is 0.457 e. The lowest BCUT2D eigenvalue weighted by atomic mass is 10.2. The van der Waals surface area contributed by atoms with E-state index >= 15 is 0 Å². The van der Waals surface area contributed by atoms with Gasteiger partial charge in [-0.3, -0.25) is 4.57 Å². The van der Waals surface area contributed by atoms with Crippen LogP contribution < -0.4 is 20.6 Å². The summed E-state index contributed by atoms with van der Waals surface area (Å²) in [5, 5.41) is 11.5. The van der Waals surface area contributed by atoms with Gasteiger partial charge in [0.1, 0.15) is 23.0 Å². The molecule has 172 valence electrons. The summed E-state index contributed by atoms with van der Waals surface area (Å²) in [5.74, 6) is 1.86. The number of aromatic nitrogens is 2. The normalized spacial score (nSPS) is 10.6. The Hall–Kier alpha value is -4.52. The Morgan fingerprint density at radius 3 is 2.24 bits per heavy atom. The molecule has 0 aliphatic heterocycles. The third-order valence-corrected chi connectivity index (χ3v) is 5.33. The average molecular weight is 454 g/mol. The zero-order valence-corrected chi connectivity index (χ0v) is 19.4. The first-order chi connectivity index (χ1) is 16.4. The minimum atomic E-state index is -0.293. The number of hydrogen-bond acceptors (Lipinski definition) is 5. The molecule has 0 unspecified atom stereocenters. The van der Waals surface area contributed by atoms with E-state index in [4.69, 9.17) is 10.1 Å². The number of anilines is 2. The van der Waals surface area contributed by atoms with Gasteiger partial charge in [0.2, 0.25) is 0 Å². The van der Waals surface area contributed by atoms with Gasteiger partial charge in [0.25, 0.3) is 0 Å². The van der Waals surface area contributed by atoms with Crippen molar-refractivity contribution in [3.05, 3.63) is 108 Å². The van der Waals surface area contributed by atoms with Crippen LogP contribution in [0.4, 0.5) is 11.5 Å². The number of para-hydroxylation sites is 1. The fourth-order valence-corrected chi connectivity index (χ4v) is 3.76. The third-order valence-electron chi connectivity index (χ3n) is 5.33. The molecule has 0 aliphatic rings. The highest BCUT2D eigenvalue weighted by Crippen LogP contribution is 2.27. The number of hydrogen-bond donors (Lipinski definition) is 2. The summed E-state index contributed by atoms with van der Waals surface area (Å²) in [6.07, 6.45) is 1.51. The molecule has 1 heterocycles. The Kier molecular flexibility index (Phi) is 6.36. The number of benzene rings is 3. The molecule has 4 aromatic rings. The molecule has 3 aromatic carbocycles. The molecule has 0 bridgehead atoms. The van der Waals surface area contributed by atoms with E-state index in [1.54, 1.807) is 11.5 Å². The van der Waals surface area contributed by atoms with Crippen LogP contribution in [0.3, 0.4) is 0 Å². The summed E-state index contributed by atoms with van der Waals surface area (Å²) in [6.45, 7) is 5.43. The fourth-order valence-electron chi connectivity index (χ4n) is 3.76. The summed E-state index contributed by atoms with van der Waals surface area (Å²) < 4.78 is 8.98. The van der Waals surface area contributed by atoms with Gasteiger partial charge in [-0.25, -0.2) is 9.36 Å². The van der Waals surface area contributed by atoms with Crippen molar-refractivity contribution in [1.82, 2.24) is 9.13 Å². The standard InChI is InChI=1S/C27H27N5O2/c1-5-29-26-25(19(2)28)31(27(33)32(26)22-11-9-10-21(18-22)30(3)4)20-14-16-24(17-15-20)34-23-12-7-6-8-13-23/h5-18,28-29H,1H2,2-4H3. The predicted molar refractivity (Wildman–Crippen MR) is 139 cm³/mol. The van der Waals surface area contributed by atoms with E-state index in [0.29, 0.717) is 28.6 Å². The smallest absolute Gasteiger partial charge is 0.339 e. The molecule has 34 heavy (non-hydrogen) atoms. The van der Waals surface area contributed by atoms with Crippen molar-refractivity contribution in [3.63, 3.8) is 0 Å². The SMILES string of the molecule is C=CNc1c(C(C)=N)n(-c2ccc(Oc3ccccc3)cc2)c(=O)n1-c1cccc(N(C)C)c1. The van der Waals surface area contributed by atoms with Gasteiger partial charge in [-0.15, -0.1) is 0 Å². The van der Waals surface area contributed by atoms with Crippen molar-refractivity contribution >= 4 is 17.2 Å². The highest BCUT2D eigenvalue weighted by atomic mass is 16.5. The maximum atomic E-state index is 13.8. The Morgan fingerprint density at radius 1 is 0.941 bits per heavy atom. The van der Waals surface area contributed by atoms with E-state index < -0.39 is 0 Å². The molecular weight excluding hydrogens is 426 g/mol. The molecule has 0 radical (unpaired) electrons. The Balaban J connectivity index is 1.85. The Morgan fingerprint density at radius 2 is 1.62 bits per heavy atom. The van der Waals surface area contributed by atoms with Gasteiger partial charge in [-0.1, -0.05) is 30.8 Å². The van der Waals surface area contributed by atoms with E-state index in [9.17, 15) is 4.79 Å². The van der Waals surface area contributed by atoms with Crippen LogP contribution in [0.1, 0.15) is 12.6 Å². The molecule has 0 aliphatic carbocycles. The zero-order chi connectivity index (χ0) is 24.2. The second-order valence-corrected chi connectivity index (χ2v) is 7.95. The summed E-state index contributed by atoms with van der Waals surface area (Å²) in [6, 6.07) is 24.4. The van der Waals surface area contributed by atoms with Crippen molar-refractivity contribution in [2.24, 2.45) is 0 Å². The first kappa shape index (κ1) is 22.7. The van der Waals surface area contributed by atoms with E-state index in [1.165, 1.54) is 10.8 Å². The van der Waals surface area contributed by atoms with Gasteiger partial charge in [0.05, 0.1) is 17.1 Å². The van der Waals surface area contributed by atoms with Crippen molar-refractivity contribution < 1.29 is 4.74 Å². The van der Waals surface area contributed by atoms with Crippen LogP contribution in [-0.4, -0.2) is 28.9 Å².